The van der Waals surface area contributed by atoms with Crippen LogP contribution >= 0.6 is 0 Å². The first-order chi connectivity index (χ1) is 10.1. The molecule has 0 aliphatic rings. The Morgan fingerprint density at radius 3 is 2.76 bits per heavy atom. The number of aromatic nitrogens is 3. The molecule has 1 amide bonds. The molecule has 0 atom stereocenters. The van der Waals surface area contributed by atoms with Crippen LogP contribution in [0.5, 0.6) is 0 Å². The van der Waals surface area contributed by atoms with Crippen molar-refractivity contribution in [3.8, 4) is 0 Å². The second kappa shape index (κ2) is 5.24. The van der Waals surface area contributed by atoms with E-state index < -0.39 is 0 Å². The smallest absolute Gasteiger partial charge is 0.255 e. The van der Waals surface area contributed by atoms with Crippen LogP contribution in [0.25, 0.3) is 10.9 Å². The molecule has 0 bridgehead atoms. The standard InChI is InChI=1S/C15H15N5O/c1-20(2)14-6-5-12(9-16-14)18-15(21)10-3-4-11-8-17-19-13(11)7-10/h3-9H,1-2H3,(H,17,19)(H,18,21). The van der Waals surface area contributed by atoms with Crippen LogP contribution in [0.2, 0.25) is 0 Å². The number of amides is 1. The molecule has 0 saturated heterocycles. The lowest BCUT2D eigenvalue weighted by molar-refractivity contribution is 0.102. The normalized spacial score (nSPS) is 10.6. The van der Waals surface area contributed by atoms with E-state index in [9.17, 15) is 4.79 Å². The highest BCUT2D eigenvalue weighted by Gasteiger charge is 2.08. The maximum absolute atomic E-state index is 12.2. The van der Waals surface area contributed by atoms with Crippen LogP contribution in [-0.2, 0) is 0 Å². The fourth-order valence-corrected chi connectivity index (χ4v) is 2.01. The van der Waals surface area contributed by atoms with Crippen LogP contribution in [0, 0.1) is 0 Å². The molecule has 6 heteroatoms. The molecule has 0 spiro atoms. The van der Waals surface area contributed by atoms with Crippen LogP contribution in [0.15, 0.2) is 42.7 Å². The first-order valence-corrected chi connectivity index (χ1v) is 6.51. The molecule has 0 aliphatic heterocycles. The summed E-state index contributed by atoms with van der Waals surface area (Å²) in [6.07, 6.45) is 3.36. The van der Waals surface area contributed by atoms with Gasteiger partial charge in [-0.05, 0) is 24.3 Å². The van der Waals surface area contributed by atoms with Crippen molar-refractivity contribution >= 4 is 28.3 Å². The van der Waals surface area contributed by atoms with E-state index in [2.05, 4.69) is 20.5 Å². The number of fused-ring (bicyclic) bond motifs is 1. The largest absolute Gasteiger partial charge is 0.363 e. The van der Waals surface area contributed by atoms with Gasteiger partial charge in [-0.1, -0.05) is 6.07 Å². The van der Waals surface area contributed by atoms with Gasteiger partial charge >= 0.3 is 0 Å². The van der Waals surface area contributed by atoms with Gasteiger partial charge in [0.05, 0.1) is 23.6 Å². The highest BCUT2D eigenvalue weighted by molar-refractivity contribution is 6.06. The SMILES string of the molecule is CN(C)c1ccc(NC(=O)c2ccc3cn[nH]c3c2)cn1. The van der Waals surface area contributed by atoms with Gasteiger partial charge in [0.25, 0.3) is 5.91 Å². The maximum Gasteiger partial charge on any atom is 0.255 e. The average molecular weight is 281 g/mol. The number of H-pyrrole nitrogens is 1. The molecule has 0 unspecified atom stereocenters. The number of aromatic amines is 1. The van der Waals surface area contributed by atoms with Crippen LogP contribution in [0.3, 0.4) is 0 Å². The first kappa shape index (κ1) is 13.1. The average Bonchev–Trinajstić information content (AvgIpc) is 2.95. The van der Waals surface area contributed by atoms with E-state index in [0.717, 1.165) is 16.7 Å². The molecule has 3 aromatic rings. The number of hydrogen-bond acceptors (Lipinski definition) is 4. The second-order valence-electron chi connectivity index (χ2n) is 4.93. The monoisotopic (exact) mass is 281 g/mol. The second-order valence-corrected chi connectivity index (χ2v) is 4.93. The molecule has 1 aromatic carbocycles. The van der Waals surface area contributed by atoms with Gasteiger partial charge < -0.3 is 10.2 Å². The summed E-state index contributed by atoms with van der Waals surface area (Å²) in [7, 11) is 3.83. The molecule has 0 saturated carbocycles. The van der Waals surface area contributed by atoms with Crippen molar-refractivity contribution in [2.45, 2.75) is 0 Å². The molecule has 0 radical (unpaired) electrons. The van der Waals surface area contributed by atoms with E-state index in [1.54, 1.807) is 24.5 Å². The molecule has 6 nitrogen and oxygen atoms in total. The number of pyridine rings is 1. The van der Waals surface area contributed by atoms with Crippen molar-refractivity contribution in [3.05, 3.63) is 48.3 Å². The third kappa shape index (κ3) is 2.69. The van der Waals surface area contributed by atoms with Gasteiger partial charge in [0.2, 0.25) is 0 Å². The number of nitrogens with zero attached hydrogens (tertiary/aromatic N) is 3. The minimum Gasteiger partial charge on any atom is -0.363 e. The molecule has 0 fully saturated rings. The van der Waals surface area contributed by atoms with E-state index in [-0.39, 0.29) is 5.91 Å². The van der Waals surface area contributed by atoms with Crippen molar-refractivity contribution in [1.29, 1.82) is 0 Å². The Balaban J connectivity index is 1.78. The molecule has 0 aliphatic carbocycles. The number of anilines is 2. The van der Waals surface area contributed by atoms with E-state index in [0.29, 0.717) is 11.3 Å². The lowest BCUT2D eigenvalue weighted by Gasteiger charge is -2.11. The van der Waals surface area contributed by atoms with Crippen LogP contribution in [-0.4, -0.2) is 35.2 Å². The zero-order chi connectivity index (χ0) is 14.8. The Hall–Kier alpha value is -2.89. The fraction of sp³-hybridized carbons (Fsp3) is 0.133. The first-order valence-electron chi connectivity index (χ1n) is 6.51. The number of hydrogen-bond donors (Lipinski definition) is 2. The highest BCUT2D eigenvalue weighted by atomic mass is 16.1. The lowest BCUT2D eigenvalue weighted by atomic mass is 10.1. The van der Waals surface area contributed by atoms with Gasteiger partial charge in [-0.15, -0.1) is 0 Å². The van der Waals surface area contributed by atoms with E-state index >= 15 is 0 Å². The summed E-state index contributed by atoms with van der Waals surface area (Å²) < 4.78 is 0. The summed E-state index contributed by atoms with van der Waals surface area (Å²) in [5, 5.41) is 10.6. The van der Waals surface area contributed by atoms with E-state index in [1.165, 1.54) is 0 Å². The molecule has 2 aromatic heterocycles. The Morgan fingerprint density at radius 2 is 2.05 bits per heavy atom. The quantitative estimate of drug-likeness (QED) is 0.772. The highest BCUT2D eigenvalue weighted by Crippen LogP contribution is 2.16. The zero-order valence-electron chi connectivity index (χ0n) is 11.8. The van der Waals surface area contributed by atoms with E-state index in [1.807, 2.05) is 37.2 Å². The molecular weight excluding hydrogens is 266 g/mol. The van der Waals surface area contributed by atoms with Crippen molar-refractivity contribution in [3.63, 3.8) is 0 Å². The topological polar surface area (TPSA) is 73.9 Å². The molecule has 2 heterocycles. The third-order valence-electron chi connectivity index (χ3n) is 3.17. The molecule has 3 rings (SSSR count). The lowest BCUT2D eigenvalue weighted by Crippen LogP contribution is -2.13. The van der Waals surface area contributed by atoms with Crippen molar-refractivity contribution in [1.82, 2.24) is 15.2 Å². The molecule has 2 N–H and O–H groups in total. The Labute approximate surface area is 121 Å². The van der Waals surface area contributed by atoms with Gasteiger partial charge in [0.1, 0.15) is 5.82 Å². The molecule has 106 valence electrons. The predicted octanol–water partition coefficient (Wildman–Crippen LogP) is 2.28. The zero-order valence-corrected chi connectivity index (χ0v) is 11.8. The summed E-state index contributed by atoms with van der Waals surface area (Å²) in [5.41, 5.74) is 2.07. The minimum absolute atomic E-state index is 0.175. The van der Waals surface area contributed by atoms with Crippen molar-refractivity contribution in [2.75, 3.05) is 24.3 Å². The fourth-order valence-electron chi connectivity index (χ4n) is 2.01. The van der Waals surface area contributed by atoms with Gasteiger partial charge in [-0.25, -0.2) is 4.98 Å². The Kier molecular flexibility index (Phi) is 3.27. The number of nitrogens with one attached hydrogen (secondary N) is 2. The van der Waals surface area contributed by atoms with Crippen LogP contribution < -0.4 is 10.2 Å². The summed E-state index contributed by atoms with van der Waals surface area (Å²) in [6, 6.07) is 9.10. The van der Waals surface area contributed by atoms with Crippen LogP contribution in [0.4, 0.5) is 11.5 Å². The Morgan fingerprint density at radius 1 is 1.19 bits per heavy atom. The van der Waals surface area contributed by atoms with Crippen LogP contribution in [0.1, 0.15) is 10.4 Å². The van der Waals surface area contributed by atoms with Gasteiger partial charge in [-0.2, -0.15) is 5.10 Å². The third-order valence-corrected chi connectivity index (χ3v) is 3.17. The summed E-state index contributed by atoms with van der Waals surface area (Å²) >= 11 is 0. The summed E-state index contributed by atoms with van der Waals surface area (Å²) in [5.74, 6) is 0.665. The number of benzene rings is 1. The van der Waals surface area contributed by atoms with Crippen molar-refractivity contribution < 1.29 is 4.79 Å². The summed E-state index contributed by atoms with van der Waals surface area (Å²) in [6.45, 7) is 0. The van der Waals surface area contributed by atoms with E-state index in [4.69, 9.17) is 0 Å². The minimum atomic E-state index is -0.175. The molecule has 21 heavy (non-hydrogen) atoms. The summed E-state index contributed by atoms with van der Waals surface area (Å²) in [4.78, 5) is 18.4. The van der Waals surface area contributed by atoms with Gasteiger partial charge in [-0.3, -0.25) is 9.89 Å². The number of carbonyl (C=O) groups excluding carboxylic acids is 1. The van der Waals surface area contributed by atoms with Crippen molar-refractivity contribution in [2.24, 2.45) is 0 Å². The maximum atomic E-state index is 12.2. The Bertz CT molecular complexity index is 776. The van der Waals surface area contributed by atoms with Gasteiger partial charge in [0, 0.05) is 25.0 Å². The van der Waals surface area contributed by atoms with Gasteiger partial charge in [0.15, 0.2) is 0 Å². The predicted molar refractivity (Wildman–Crippen MR) is 82.6 cm³/mol. The molecular formula is C15H15N5O. The number of carbonyl (C=O) groups is 1. The number of rotatable bonds is 3.